The highest BCUT2D eigenvalue weighted by atomic mass is 19.1. The van der Waals surface area contributed by atoms with Crippen molar-refractivity contribution in [3.05, 3.63) is 54.1 Å². The second-order valence-corrected chi connectivity index (χ2v) is 3.51. The molecule has 2 aromatic rings. The van der Waals surface area contributed by atoms with E-state index in [-0.39, 0.29) is 11.4 Å². The minimum Gasteiger partial charge on any atom is -0.323 e. The van der Waals surface area contributed by atoms with E-state index in [2.05, 4.69) is 15.7 Å². The summed E-state index contributed by atoms with van der Waals surface area (Å²) in [5, 5.41) is 2.44. The molecule has 0 bridgehead atoms. The number of nitrogen functional groups attached to an aromatic ring is 1. The number of hydrogen-bond donors (Lipinski definition) is 3. The van der Waals surface area contributed by atoms with Gasteiger partial charge in [0.15, 0.2) is 0 Å². The molecule has 4 N–H and O–H groups in total. The third-order valence-corrected chi connectivity index (χ3v) is 2.28. The second-order valence-electron chi connectivity index (χ2n) is 3.51. The molecule has 0 aliphatic carbocycles. The number of hydrazine groups is 1. The molecule has 1 aromatic heterocycles. The average molecular weight is 246 g/mol. The Morgan fingerprint density at radius 1 is 1.22 bits per heavy atom. The van der Waals surface area contributed by atoms with Gasteiger partial charge in [0.25, 0.3) is 5.91 Å². The smallest absolute Gasteiger partial charge is 0.274 e. The van der Waals surface area contributed by atoms with Crippen LogP contribution in [0.15, 0.2) is 42.6 Å². The van der Waals surface area contributed by atoms with E-state index in [1.54, 1.807) is 18.2 Å². The zero-order valence-corrected chi connectivity index (χ0v) is 9.35. The highest BCUT2D eigenvalue weighted by molar-refractivity contribution is 6.03. The Morgan fingerprint density at radius 2 is 2.00 bits per heavy atom. The Balaban J connectivity index is 2.14. The van der Waals surface area contributed by atoms with Crippen LogP contribution in [0.2, 0.25) is 0 Å². The number of nitrogens with zero attached hydrogens (tertiary/aromatic N) is 1. The molecule has 2 rings (SSSR count). The number of amides is 1. The fraction of sp³-hybridized carbons (Fsp3) is 0. The molecule has 0 saturated heterocycles. The molecule has 0 atom stereocenters. The van der Waals surface area contributed by atoms with Crippen LogP contribution in [0, 0.1) is 5.82 Å². The number of anilines is 2. The van der Waals surface area contributed by atoms with Crippen molar-refractivity contribution in [3.8, 4) is 0 Å². The Bertz CT molecular complexity index is 556. The number of rotatable bonds is 3. The molecule has 0 radical (unpaired) electrons. The molecule has 0 aliphatic rings. The molecule has 5 nitrogen and oxygen atoms in total. The Hall–Kier alpha value is -2.47. The van der Waals surface area contributed by atoms with Crippen molar-refractivity contribution in [2.45, 2.75) is 0 Å². The highest BCUT2D eigenvalue weighted by Gasteiger charge is 2.09. The number of hydrogen-bond acceptors (Lipinski definition) is 4. The van der Waals surface area contributed by atoms with Gasteiger partial charge in [-0.25, -0.2) is 9.37 Å². The topological polar surface area (TPSA) is 80.0 Å². The van der Waals surface area contributed by atoms with Gasteiger partial charge in [-0.05, 0) is 24.3 Å². The standard InChI is InChI=1S/C12H11FN4O/c13-9-3-1-2-4-10(9)16-12(18)11-6-5-8(17-14)7-15-11/h1-7,17H,14H2,(H,16,18). The van der Waals surface area contributed by atoms with Crippen LogP contribution in [0.5, 0.6) is 0 Å². The summed E-state index contributed by atoms with van der Waals surface area (Å²) in [6.45, 7) is 0. The van der Waals surface area contributed by atoms with Gasteiger partial charge in [-0.2, -0.15) is 0 Å². The molecular formula is C12H11FN4O. The molecule has 1 aromatic carbocycles. The van der Waals surface area contributed by atoms with E-state index in [4.69, 9.17) is 5.84 Å². The van der Waals surface area contributed by atoms with Gasteiger partial charge in [-0.3, -0.25) is 10.6 Å². The van der Waals surface area contributed by atoms with Crippen LogP contribution in [0.1, 0.15) is 10.5 Å². The fourth-order valence-corrected chi connectivity index (χ4v) is 1.36. The molecule has 0 aliphatic heterocycles. The number of para-hydroxylation sites is 1. The molecule has 0 fully saturated rings. The molecule has 1 amide bonds. The summed E-state index contributed by atoms with van der Waals surface area (Å²) in [5.41, 5.74) is 3.27. The van der Waals surface area contributed by atoms with Crippen molar-refractivity contribution in [1.29, 1.82) is 0 Å². The lowest BCUT2D eigenvalue weighted by molar-refractivity contribution is 0.102. The largest absolute Gasteiger partial charge is 0.323 e. The summed E-state index contributed by atoms with van der Waals surface area (Å²) >= 11 is 0. The minimum absolute atomic E-state index is 0.116. The Labute approximate surface area is 103 Å². The molecule has 18 heavy (non-hydrogen) atoms. The van der Waals surface area contributed by atoms with E-state index in [9.17, 15) is 9.18 Å². The van der Waals surface area contributed by atoms with Crippen LogP contribution in [0.4, 0.5) is 15.8 Å². The van der Waals surface area contributed by atoms with Crippen LogP contribution in [0.25, 0.3) is 0 Å². The van der Waals surface area contributed by atoms with Gasteiger partial charge in [0, 0.05) is 0 Å². The van der Waals surface area contributed by atoms with Crippen molar-refractivity contribution < 1.29 is 9.18 Å². The second kappa shape index (κ2) is 5.24. The molecule has 6 heteroatoms. The first-order valence-electron chi connectivity index (χ1n) is 5.19. The quantitative estimate of drug-likeness (QED) is 0.569. The zero-order chi connectivity index (χ0) is 13.0. The molecule has 0 unspecified atom stereocenters. The van der Waals surface area contributed by atoms with Gasteiger partial charge in [-0.15, -0.1) is 0 Å². The van der Waals surface area contributed by atoms with Gasteiger partial charge in [0.05, 0.1) is 17.6 Å². The third kappa shape index (κ3) is 2.61. The van der Waals surface area contributed by atoms with Crippen LogP contribution < -0.4 is 16.6 Å². The number of carbonyl (C=O) groups is 1. The zero-order valence-electron chi connectivity index (χ0n) is 9.35. The number of carbonyl (C=O) groups excluding carboxylic acids is 1. The van der Waals surface area contributed by atoms with Gasteiger partial charge < -0.3 is 10.7 Å². The van der Waals surface area contributed by atoms with Gasteiger partial charge in [-0.1, -0.05) is 12.1 Å². The predicted molar refractivity (Wildman–Crippen MR) is 66.4 cm³/mol. The van der Waals surface area contributed by atoms with E-state index in [0.29, 0.717) is 5.69 Å². The number of pyridine rings is 1. The first-order chi connectivity index (χ1) is 8.70. The summed E-state index contributed by atoms with van der Waals surface area (Å²) in [7, 11) is 0. The van der Waals surface area contributed by atoms with Crippen LogP contribution >= 0.6 is 0 Å². The average Bonchev–Trinajstić information content (AvgIpc) is 2.41. The Kier molecular flexibility index (Phi) is 3.49. The van der Waals surface area contributed by atoms with E-state index in [1.807, 2.05) is 0 Å². The highest BCUT2D eigenvalue weighted by Crippen LogP contribution is 2.13. The summed E-state index contributed by atoms with van der Waals surface area (Å²) in [6, 6.07) is 9.01. The van der Waals surface area contributed by atoms with Crippen LogP contribution in [0.3, 0.4) is 0 Å². The van der Waals surface area contributed by atoms with Crippen LogP contribution in [-0.4, -0.2) is 10.9 Å². The lowest BCUT2D eigenvalue weighted by atomic mass is 10.2. The van der Waals surface area contributed by atoms with Gasteiger partial charge in [0.1, 0.15) is 11.5 Å². The number of benzene rings is 1. The normalized spacial score (nSPS) is 9.89. The van der Waals surface area contributed by atoms with Crippen molar-refractivity contribution in [3.63, 3.8) is 0 Å². The summed E-state index contributed by atoms with van der Waals surface area (Å²) in [5.74, 6) is 4.20. The number of nitrogens with one attached hydrogen (secondary N) is 2. The van der Waals surface area contributed by atoms with Crippen molar-refractivity contribution in [2.24, 2.45) is 5.84 Å². The maximum Gasteiger partial charge on any atom is 0.274 e. The fourth-order valence-electron chi connectivity index (χ4n) is 1.36. The van der Waals surface area contributed by atoms with Gasteiger partial charge >= 0.3 is 0 Å². The molecule has 92 valence electrons. The minimum atomic E-state index is -0.494. The summed E-state index contributed by atoms with van der Waals surface area (Å²) in [6.07, 6.45) is 1.41. The maximum absolute atomic E-state index is 13.3. The van der Waals surface area contributed by atoms with Crippen molar-refractivity contribution >= 4 is 17.3 Å². The SMILES string of the molecule is NNc1ccc(C(=O)Nc2ccccc2F)nc1. The van der Waals surface area contributed by atoms with Crippen molar-refractivity contribution in [2.75, 3.05) is 10.7 Å². The van der Waals surface area contributed by atoms with E-state index >= 15 is 0 Å². The van der Waals surface area contributed by atoms with Gasteiger partial charge in [0.2, 0.25) is 0 Å². The van der Waals surface area contributed by atoms with E-state index < -0.39 is 11.7 Å². The summed E-state index contributed by atoms with van der Waals surface area (Å²) < 4.78 is 13.3. The molecule has 0 saturated carbocycles. The summed E-state index contributed by atoms with van der Waals surface area (Å²) in [4.78, 5) is 15.7. The van der Waals surface area contributed by atoms with Crippen LogP contribution in [-0.2, 0) is 0 Å². The van der Waals surface area contributed by atoms with Crippen molar-refractivity contribution in [1.82, 2.24) is 4.98 Å². The third-order valence-electron chi connectivity index (χ3n) is 2.28. The first-order valence-corrected chi connectivity index (χ1v) is 5.19. The first kappa shape index (κ1) is 12.0. The maximum atomic E-state index is 13.3. The number of halogens is 1. The molecule has 0 spiro atoms. The number of aromatic nitrogens is 1. The number of nitrogens with two attached hydrogens (primary N) is 1. The van der Waals surface area contributed by atoms with E-state index in [1.165, 1.54) is 24.4 Å². The predicted octanol–water partition coefficient (Wildman–Crippen LogP) is 1.76. The molecule has 1 heterocycles. The molecular weight excluding hydrogens is 235 g/mol. The van der Waals surface area contributed by atoms with E-state index in [0.717, 1.165) is 0 Å². The Morgan fingerprint density at radius 3 is 2.61 bits per heavy atom. The monoisotopic (exact) mass is 246 g/mol. The lowest BCUT2D eigenvalue weighted by Gasteiger charge is -2.06. The lowest BCUT2D eigenvalue weighted by Crippen LogP contribution is -2.15.